The Morgan fingerprint density at radius 2 is 1.72 bits per heavy atom. The molecule has 1 aliphatic rings. The maximum absolute atomic E-state index is 12.1. The fraction of sp³-hybridized carbons (Fsp3) is 0.182. The Labute approximate surface area is 168 Å². The van der Waals surface area contributed by atoms with Crippen LogP contribution in [-0.4, -0.2) is 23.7 Å². The molecule has 0 fully saturated rings. The highest BCUT2D eigenvalue weighted by Gasteiger charge is 2.24. The molecule has 0 unspecified atom stereocenters. The van der Waals surface area contributed by atoms with Gasteiger partial charge in [0.2, 0.25) is 11.8 Å². The number of aliphatic imine (C=N–C) groups is 1. The first-order valence-corrected chi connectivity index (χ1v) is 9.04. The molecule has 0 aliphatic carbocycles. The summed E-state index contributed by atoms with van der Waals surface area (Å²) in [6.07, 6.45) is 1.59. The molecule has 0 bridgehead atoms. The van der Waals surface area contributed by atoms with Crippen molar-refractivity contribution in [1.29, 1.82) is 0 Å². The van der Waals surface area contributed by atoms with E-state index in [4.69, 9.17) is 9.47 Å². The Balaban J connectivity index is 1.74. The molecular formula is C22H20N2O5. The van der Waals surface area contributed by atoms with E-state index in [9.17, 15) is 14.4 Å². The number of cyclic esters (lactones) is 1. The zero-order valence-electron chi connectivity index (χ0n) is 16.3. The highest BCUT2D eigenvalue weighted by atomic mass is 16.6. The van der Waals surface area contributed by atoms with Gasteiger partial charge in [-0.25, -0.2) is 9.79 Å². The van der Waals surface area contributed by atoms with Crippen molar-refractivity contribution in [3.63, 3.8) is 0 Å². The molecule has 2 aromatic carbocycles. The van der Waals surface area contributed by atoms with Gasteiger partial charge in [-0.15, -0.1) is 0 Å². The third-order valence-electron chi connectivity index (χ3n) is 3.95. The molecule has 29 heavy (non-hydrogen) atoms. The van der Waals surface area contributed by atoms with Gasteiger partial charge in [-0.1, -0.05) is 26.0 Å². The first-order valence-electron chi connectivity index (χ1n) is 9.04. The average molecular weight is 392 g/mol. The van der Waals surface area contributed by atoms with E-state index < -0.39 is 5.97 Å². The number of amides is 1. The van der Waals surface area contributed by atoms with Crippen LogP contribution in [0.5, 0.6) is 5.75 Å². The molecule has 0 aromatic heterocycles. The lowest BCUT2D eigenvalue weighted by Gasteiger charge is -2.06. The minimum absolute atomic E-state index is 0.165. The third-order valence-corrected chi connectivity index (χ3v) is 3.95. The van der Waals surface area contributed by atoms with Crippen molar-refractivity contribution in [3.05, 3.63) is 65.4 Å². The number of esters is 2. The van der Waals surface area contributed by atoms with Crippen LogP contribution in [0.25, 0.3) is 6.08 Å². The van der Waals surface area contributed by atoms with Crippen molar-refractivity contribution in [2.24, 2.45) is 10.9 Å². The van der Waals surface area contributed by atoms with Crippen LogP contribution in [0.2, 0.25) is 0 Å². The van der Waals surface area contributed by atoms with Crippen molar-refractivity contribution in [1.82, 2.24) is 0 Å². The van der Waals surface area contributed by atoms with Gasteiger partial charge < -0.3 is 14.8 Å². The average Bonchev–Trinajstić information content (AvgIpc) is 3.04. The first-order chi connectivity index (χ1) is 13.8. The molecule has 7 nitrogen and oxygen atoms in total. The standard InChI is InChI=1S/C22H20N2O5/c1-13(2)21(26)28-18-10-4-15(5-11-18)12-19-22(27)29-20(24-19)16-6-8-17(9-7-16)23-14(3)25/h4-13H,1-3H3,(H,23,25)/b19-12-. The van der Waals surface area contributed by atoms with E-state index in [-0.39, 0.29) is 29.4 Å². The van der Waals surface area contributed by atoms with Crippen LogP contribution >= 0.6 is 0 Å². The minimum atomic E-state index is -0.554. The third kappa shape index (κ3) is 5.16. The second kappa shape index (κ2) is 8.52. The normalized spacial score (nSPS) is 14.6. The number of rotatable bonds is 5. The van der Waals surface area contributed by atoms with Gasteiger partial charge in [-0.3, -0.25) is 9.59 Å². The lowest BCUT2D eigenvalue weighted by molar-refractivity contribution is -0.137. The summed E-state index contributed by atoms with van der Waals surface area (Å²) < 4.78 is 10.5. The van der Waals surface area contributed by atoms with E-state index in [1.54, 1.807) is 68.5 Å². The number of carbonyl (C=O) groups is 3. The van der Waals surface area contributed by atoms with Crippen LogP contribution in [-0.2, 0) is 19.1 Å². The molecule has 1 aliphatic heterocycles. The number of benzene rings is 2. The van der Waals surface area contributed by atoms with Gasteiger partial charge in [0.25, 0.3) is 0 Å². The molecule has 0 spiro atoms. The molecule has 0 atom stereocenters. The van der Waals surface area contributed by atoms with E-state index in [0.717, 1.165) is 0 Å². The van der Waals surface area contributed by atoms with Crippen LogP contribution in [0, 0.1) is 5.92 Å². The van der Waals surface area contributed by atoms with Crippen molar-refractivity contribution in [3.8, 4) is 5.75 Å². The Morgan fingerprint density at radius 3 is 2.31 bits per heavy atom. The summed E-state index contributed by atoms with van der Waals surface area (Å²) in [5, 5.41) is 2.67. The maximum Gasteiger partial charge on any atom is 0.363 e. The fourth-order valence-corrected chi connectivity index (χ4v) is 2.46. The van der Waals surface area contributed by atoms with Crippen molar-refractivity contribution < 1.29 is 23.9 Å². The molecule has 0 saturated carbocycles. The smallest absolute Gasteiger partial charge is 0.363 e. The van der Waals surface area contributed by atoms with Gasteiger partial charge in [0.1, 0.15) is 5.75 Å². The number of carbonyl (C=O) groups excluding carboxylic acids is 3. The molecule has 7 heteroatoms. The quantitative estimate of drug-likeness (QED) is 0.477. The Hall–Kier alpha value is -3.74. The molecule has 2 aromatic rings. The van der Waals surface area contributed by atoms with E-state index >= 15 is 0 Å². The number of nitrogens with one attached hydrogen (secondary N) is 1. The molecule has 0 radical (unpaired) electrons. The number of nitrogens with zero attached hydrogens (tertiary/aromatic N) is 1. The van der Waals surface area contributed by atoms with Gasteiger partial charge in [0.15, 0.2) is 5.70 Å². The predicted molar refractivity (Wildman–Crippen MR) is 108 cm³/mol. The Bertz CT molecular complexity index is 1000. The van der Waals surface area contributed by atoms with Gasteiger partial charge in [0, 0.05) is 18.2 Å². The van der Waals surface area contributed by atoms with Crippen LogP contribution in [0.15, 0.2) is 59.2 Å². The van der Waals surface area contributed by atoms with E-state index in [1.165, 1.54) is 6.92 Å². The van der Waals surface area contributed by atoms with Gasteiger partial charge in [-0.05, 0) is 48.0 Å². The molecular weight excluding hydrogens is 372 g/mol. The lowest BCUT2D eigenvalue weighted by Crippen LogP contribution is -2.14. The fourth-order valence-electron chi connectivity index (χ4n) is 2.46. The number of hydrogen-bond donors (Lipinski definition) is 1. The summed E-state index contributed by atoms with van der Waals surface area (Å²) in [5.41, 5.74) is 2.14. The SMILES string of the molecule is CC(=O)Nc1ccc(C2=N/C(=C\c3ccc(OC(=O)C(C)C)cc3)C(=O)O2)cc1. The van der Waals surface area contributed by atoms with Gasteiger partial charge >= 0.3 is 11.9 Å². The molecule has 1 heterocycles. The summed E-state index contributed by atoms with van der Waals surface area (Å²) in [4.78, 5) is 39.1. The number of anilines is 1. The topological polar surface area (TPSA) is 94.1 Å². The van der Waals surface area contributed by atoms with Gasteiger partial charge in [0.05, 0.1) is 5.92 Å². The summed E-state index contributed by atoms with van der Waals surface area (Å²) in [6, 6.07) is 13.6. The molecule has 0 saturated heterocycles. The summed E-state index contributed by atoms with van der Waals surface area (Å²) >= 11 is 0. The summed E-state index contributed by atoms with van der Waals surface area (Å²) in [5.74, 6) is -0.625. The predicted octanol–water partition coefficient (Wildman–Crippen LogP) is 3.55. The largest absolute Gasteiger partial charge is 0.426 e. The van der Waals surface area contributed by atoms with Crippen LogP contribution < -0.4 is 10.1 Å². The van der Waals surface area contributed by atoms with Crippen molar-refractivity contribution in [2.75, 3.05) is 5.32 Å². The number of hydrogen-bond acceptors (Lipinski definition) is 6. The second-order valence-corrected chi connectivity index (χ2v) is 6.74. The summed E-state index contributed by atoms with van der Waals surface area (Å²) in [6.45, 7) is 4.94. The van der Waals surface area contributed by atoms with E-state index in [2.05, 4.69) is 10.3 Å². The first kappa shape index (κ1) is 20.0. The maximum atomic E-state index is 12.1. The molecule has 1 N–H and O–H groups in total. The van der Waals surface area contributed by atoms with Crippen LogP contribution in [0.4, 0.5) is 5.69 Å². The van der Waals surface area contributed by atoms with Crippen molar-refractivity contribution >= 4 is 35.5 Å². The van der Waals surface area contributed by atoms with Crippen molar-refractivity contribution in [2.45, 2.75) is 20.8 Å². The van der Waals surface area contributed by atoms with E-state index in [1.807, 2.05) is 0 Å². The highest BCUT2D eigenvalue weighted by molar-refractivity contribution is 6.13. The Kier molecular flexibility index (Phi) is 5.87. The monoisotopic (exact) mass is 392 g/mol. The number of ether oxygens (including phenoxy) is 2. The summed E-state index contributed by atoms with van der Waals surface area (Å²) in [7, 11) is 0. The van der Waals surface area contributed by atoms with Gasteiger partial charge in [-0.2, -0.15) is 0 Å². The lowest BCUT2D eigenvalue weighted by atomic mass is 10.2. The highest BCUT2D eigenvalue weighted by Crippen LogP contribution is 2.22. The Morgan fingerprint density at radius 1 is 1.07 bits per heavy atom. The molecule has 148 valence electrons. The molecule has 1 amide bonds. The zero-order valence-corrected chi connectivity index (χ0v) is 16.3. The van der Waals surface area contributed by atoms with E-state index in [0.29, 0.717) is 22.6 Å². The molecule has 3 rings (SSSR count). The zero-order chi connectivity index (χ0) is 21.0. The minimum Gasteiger partial charge on any atom is -0.426 e. The second-order valence-electron chi connectivity index (χ2n) is 6.74. The van der Waals surface area contributed by atoms with Crippen LogP contribution in [0.3, 0.4) is 0 Å². The van der Waals surface area contributed by atoms with Crippen LogP contribution in [0.1, 0.15) is 31.9 Å².